The Morgan fingerprint density at radius 3 is 2.55 bits per heavy atom. The van der Waals surface area contributed by atoms with Crippen LogP contribution in [0, 0.1) is 6.92 Å². The Hall–Kier alpha value is -1.78. The van der Waals surface area contributed by atoms with E-state index in [0.717, 1.165) is 5.56 Å². The number of benzene rings is 1. The molecule has 1 N–H and O–H groups in total. The Balaban J connectivity index is 2.44. The third kappa shape index (κ3) is 2.86. The third-order valence-corrected chi connectivity index (χ3v) is 3.66. The van der Waals surface area contributed by atoms with Crippen molar-refractivity contribution >= 4 is 29.2 Å². The monoisotopic (exact) mass is 311 g/mol. The molecular formula is C14H11Cl2NO3. The average molecular weight is 312 g/mol. The third-order valence-electron chi connectivity index (χ3n) is 2.92. The SMILES string of the molecule is Cc1ccn(Cc2ccc(Cl)c(Cl)c2)c(=O)c1C(=O)O. The van der Waals surface area contributed by atoms with E-state index in [1.54, 1.807) is 37.4 Å². The van der Waals surface area contributed by atoms with Gasteiger partial charge in [-0.3, -0.25) is 4.79 Å². The molecule has 0 fully saturated rings. The lowest BCUT2D eigenvalue weighted by Gasteiger charge is -2.09. The van der Waals surface area contributed by atoms with Crippen LogP contribution in [0.2, 0.25) is 10.0 Å². The van der Waals surface area contributed by atoms with Crippen molar-refractivity contribution < 1.29 is 9.90 Å². The van der Waals surface area contributed by atoms with Crippen molar-refractivity contribution in [2.24, 2.45) is 0 Å². The van der Waals surface area contributed by atoms with Crippen molar-refractivity contribution in [1.82, 2.24) is 4.57 Å². The van der Waals surface area contributed by atoms with E-state index in [0.29, 0.717) is 15.6 Å². The molecular weight excluding hydrogens is 301 g/mol. The van der Waals surface area contributed by atoms with E-state index >= 15 is 0 Å². The van der Waals surface area contributed by atoms with Crippen molar-refractivity contribution in [2.45, 2.75) is 13.5 Å². The lowest BCUT2D eigenvalue weighted by Crippen LogP contribution is -2.27. The van der Waals surface area contributed by atoms with Gasteiger partial charge in [0, 0.05) is 6.20 Å². The van der Waals surface area contributed by atoms with E-state index < -0.39 is 11.5 Å². The van der Waals surface area contributed by atoms with Gasteiger partial charge in [0.25, 0.3) is 5.56 Å². The van der Waals surface area contributed by atoms with Crippen molar-refractivity contribution in [3.8, 4) is 0 Å². The first kappa shape index (κ1) is 14.6. The van der Waals surface area contributed by atoms with Gasteiger partial charge in [-0.05, 0) is 36.2 Å². The zero-order valence-electron chi connectivity index (χ0n) is 10.6. The fourth-order valence-corrected chi connectivity index (χ4v) is 2.21. The van der Waals surface area contributed by atoms with Gasteiger partial charge in [-0.1, -0.05) is 29.3 Å². The zero-order chi connectivity index (χ0) is 14.9. The lowest BCUT2D eigenvalue weighted by atomic mass is 10.1. The number of hydrogen-bond acceptors (Lipinski definition) is 2. The fraction of sp³-hybridized carbons (Fsp3) is 0.143. The Morgan fingerprint density at radius 2 is 1.95 bits per heavy atom. The minimum absolute atomic E-state index is 0.215. The summed E-state index contributed by atoms with van der Waals surface area (Å²) in [6.07, 6.45) is 1.56. The highest BCUT2D eigenvalue weighted by atomic mass is 35.5. The van der Waals surface area contributed by atoms with Crippen LogP contribution in [0.3, 0.4) is 0 Å². The topological polar surface area (TPSA) is 59.3 Å². The number of aromatic nitrogens is 1. The summed E-state index contributed by atoms with van der Waals surface area (Å²) in [5.41, 5.74) is 0.450. The second kappa shape index (κ2) is 5.69. The maximum Gasteiger partial charge on any atom is 0.341 e. The van der Waals surface area contributed by atoms with Crippen LogP contribution >= 0.6 is 23.2 Å². The van der Waals surface area contributed by atoms with Crippen LogP contribution in [-0.4, -0.2) is 15.6 Å². The van der Waals surface area contributed by atoms with Gasteiger partial charge < -0.3 is 9.67 Å². The van der Waals surface area contributed by atoms with Crippen LogP contribution in [0.5, 0.6) is 0 Å². The number of rotatable bonds is 3. The number of carbonyl (C=O) groups is 1. The van der Waals surface area contributed by atoms with E-state index in [4.69, 9.17) is 28.3 Å². The Bertz CT molecular complexity index is 738. The van der Waals surface area contributed by atoms with Crippen molar-refractivity contribution in [3.63, 3.8) is 0 Å². The molecule has 0 atom stereocenters. The molecule has 0 aliphatic rings. The highest BCUT2D eigenvalue weighted by Crippen LogP contribution is 2.22. The van der Waals surface area contributed by atoms with Gasteiger partial charge in [-0.15, -0.1) is 0 Å². The number of pyridine rings is 1. The Morgan fingerprint density at radius 1 is 1.25 bits per heavy atom. The van der Waals surface area contributed by atoms with Crippen LogP contribution < -0.4 is 5.56 Å². The molecule has 2 rings (SSSR count). The summed E-state index contributed by atoms with van der Waals surface area (Å²) in [7, 11) is 0. The van der Waals surface area contributed by atoms with Crippen LogP contribution in [0.4, 0.5) is 0 Å². The number of hydrogen-bond donors (Lipinski definition) is 1. The zero-order valence-corrected chi connectivity index (χ0v) is 12.1. The molecule has 0 saturated carbocycles. The summed E-state index contributed by atoms with van der Waals surface area (Å²) >= 11 is 11.7. The lowest BCUT2D eigenvalue weighted by molar-refractivity contribution is 0.0693. The molecule has 0 aliphatic heterocycles. The van der Waals surface area contributed by atoms with Crippen LogP contribution in [-0.2, 0) is 6.54 Å². The highest BCUT2D eigenvalue weighted by Gasteiger charge is 2.14. The number of aryl methyl sites for hydroxylation is 1. The van der Waals surface area contributed by atoms with Crippen LogP contribution in [0.1, 0.15) is 21.5 Å². The molecule has 104 valence electrons. The van der Waals surface area contributed by atoms with Crippen molar-refractivity contribution in [1.29, 1.82) is 0 Å². The smallest absolute Gasteiger partial charge is 0.341 e. The fourth-order valence-electron chi connectivity index (χ4n) is 1.88. The summed E-state index contributed by atoms with van der Waals surface area (Å²) in [5, 5.41) is 9.89. The number of aromatic carboxylic acids is 1. The molecule has 0 bridgehead atoms. The number of carboxylic acid groups (broad SMARTS) is 1. The second-order valence-electron chi connectivity index (χ2n) is 4.36. The van der Waals surface area contributed by atoms with Crippen LogP contribution in [0.25, 0.3) is 0 Å². The largest absolute Gasteiger partial charge is 0.477 e. The first-order valence-electron chi connectivity index (χ1n) is 5.77. The predicted molar refractivity (Wildman–Crippen MR) is 78.0 cm³/mol. The van der Waals surface area contributed by atoms with Crippen LogP contribution in [0.15, 0.2) is 35.3 Å². The molecule has 2 aromatic rings. The summed E-state index contributed by atoms with van der Waals surface area (Å²) in [4.78, 5) is 23.2. The molecule has 4 nitrogen and oxygen atoms in total. The van der Waals surface area contributed by atoms with Gasteiger partial charge in [0.15, 0.2) is 0 Å². The Labute approximate surface area is 125 Å². The van der Waals surface area contributed by atoms with E-state index in [1.165, 1.54) is 4.57 Å². The molecule has 1 aromatic carbocycles. The average Bonchev–Trinajstić information content (AvgIpc) is 2.37. The minimum atomic E-state index is -1.23. The van der Waals surface area contributed by atoms with Crippen molar-refractivity contribution in [3.05, 3.63) is 67.6 Å². The molecule has 6 heteroatoms. The van der Waals surface area contributed by atoms with Gasteiger partial charge in [0.2, 0.25) is 0 Å². The highest BCUT2D eigenvalue weighted by molar-refractivity contribution is 6.42. The molecule has 0 aliphatic carbocycles. The minimum Gasteiger partial charge on any atom is -0.477 e. The molecule has 1 aromatic heterocycles. The van der Waals surface area contributed by atoms with E-state index in [1.807, 2.05) is 0 Å². The second-order valence-corrected chi connectivity index (χ2v) is 5.17. The molecule has 1 heterocycles. The predicted octanol–water partition coefficient (Wildman–Crippen LogP) is 3.21. The standard InChI is InChI=1S/C14H11Cl2NO3/c1-8-4-5-17(13(18)12(8)14(19)20)7-9-2-3-10(15)11(16)6-9/h2-6H,7H2,1H3,(H,19,20). The number of nitrogens with zero attached hydrogens (tertiary/aromatic N) is 1. The summed E-state index contributed by atoms with van der Waals surface area (Å²) in [5.74, 6) is -1.23. The quantitative estimate of drug-likeness (QED) is 0.947. The normalized spacial score (nSPS) is 10.6. The maximum atomic E-state index is 12.1. The summed E-state index contributed by atoms with van der Waals surface area (Å²) in [6, 6.07) is 6.62. The van der Waals surface area contributed by atoms with E-state index in [-0.39, 0.29) is 12.1 Å². The molecule has 0 amide bonds. The summed E-state index contributed by atoms with van der Waals surface area (Å²) in [6.45, 7) is 1.82. The number of carboxylic acids is 1. The maximum absolute atomic E-state index is 12.1. The number of halogens is 2. The molecule has 20 heavy (non-hydrogen) atoms. The molecule has 0 radical (unpaired) electrons. The van der Waals surface area contributed by atoms with Gasteiger partial charge >= 0.3 is 5.97 Å². The first-order valence-corrected chi connectivity index (χ1v) is 6.53. The van der Waals surface area contributed by atoms with Gasteiger partial charge in [0.1, 0.15) is 5.56 Å². The molecule has 0 spiro atoms. The Kier molecular flexibility index (Phi) is 4.16. The van der Waals surface area contributed by atoms with Gasteiger partial charge in [-0.25, -0.2) is 4.79 Å². The summed E-state index contributed by atoms with van der Waals surface area (Å²) < 4.78 is 1.33. The first-order chi connectivity index (χ1) is 9.40. The molecule has 0 unspecified atom stereocenters. The molecule has 0 saturated heterocycles. The van der Waals surface area contributed by atoms with Gasteiger partial charge in [0.05, 0.1) is 16.6 Å². The van der Waals surface area contributed by atoms with E-state index in [9.17, 15) is 9.59 Å². The van der Waals surface area contributed by atoms with Crippen molar-refractivity contribution in [2.75, 3.05) is 0 Å². The van der Waals surface area contributed by atoms with Gasteiger partial charge in [-0.2, -0.15) is 0 Å². The van der Waals surface area contributed by atoms with E-state index in [2.05, 4.69) is 0 Å².